The van der Waals surface area contributed by atoms with Crippen LogP contribution >= 0.6 is 11.6 Å². The van der Waals surface area contributed by atoms with Crippen LogP contribution in [0.15, 0.2) is 18.2 Å². The van der Waals surface area contributed by atoms with Crippen molar-refractivity contribution in [1.82, 2.24) is 5.32 Å². The minimum atomic E-state index is -0.502. The maximum Gasteiger partial charge on any atom is 0.328 e. The molecule has 0 radical (unpaired) electrons. The number of para-hydroxylation sites is 1. The molecule has 0 saturated heterocycles. The predicted molar refractivity (Wildman–Crippen MR) is 80.5 cm³/mol. The molecule has 0 heterocycles. The summed E-state index contributed by atoms with van der Waals surface area (Å²) in [5.74, 6) is -0.386. The number of halogens is 1. The summed E-state index contributed by atoms with van der Waals surface area (Å²) >= 11 is 6.15. The maximum absolute atomic E-state index is 12.2. The van der Waals surface area contributed by atoms with Crippen LogP contribution in [0, 0.1) is 5.41 Å². The van der Waals surface area contributed by atoms with Crippen molar-refractivity contribution in [3.05, 3.63) is 28.8 Å². The number of nitrogens with zero attached hydrogens (tertiary/aromatic N) is 1. The average Bonchev–Trinajstić information content (AvgIpc) is 2.40. The first kappa shape index (κ1) is 16.3. The van der Waals surface area contributed by atoms with E-state index >= 15 is 0 Å². The zero-order valence-electron chi connectivity index (χ0n) is 11.6. The third-order valence-corrected chi connectivity index (χ3v) is 3.01. The number of carbonyl (C=O) groups is 1. The molecule has 0 spiro atoms. The Morgan fingerprint density at radius 3 is 2.80 bits per heavy atom. The normalized spacial score (nSPS) is 10.2. The second-order valence-corrected chi connectivity index (χ2v) is 4.45. The molecule has 7 heteroatoms. The third kappa shape index (κ3) is 3.85. The molecular weight excluding hydrogens is 280 g/mol. The molecule has 0 aliphatic heterocycles. The molecule has 0 saturated carbocycles. The van der Waals surface area contributed by atoms with Gasteiger partial charge in [-0.3, -0.25) is 5.41 Å². The van der Waals surface area contributed by atoms with Crippen molar-refractivity contribution in [3.63, 3.8) is 0 Å². The fourth-order valence-corrected chi connectivity index (χ4v) is 2.04. The van der Waals surface area contributed by atoms with Crippen LogP contribution in [-0.4, -0.2) is 32.3 Å². The summed E-state index contributed by atoms with van der Waals surface area (Å²) in [4.78, 5) is 13.2. The third-order valence-electron chi connectivity index (χ3n) is 2.70. The monoisotopic (exact) mass is 298 g/mol. The SMILES string of the molecule is CCc1cccc(Cl)c1N(C(=N)N)C(=O)NCCOC. The summed E-state index contributed by atoms with van der Waals surface area (Å²) in [7, 11) is 1.54. The molecule has 0 aliphatic rings. The fraction of sp³-hybridized carbons (Fsp3) is 0.385. The number of guanidine groups is 1. The van der Waals surface area contributed by atoms with Crippen LogP contribution in [0.1, 0.15) is 12.5 Å². The van der Waals surface area contributed by atoms with Gasteiger partial charge in [0.1, 0.15) is 0 Å². The van der Waals surface area contributed by atoms with E-state index in [1.54, 1.807) is 12.1 Å². The molecule has 2 amide bonds. The number of benzene rings is 1. The molecule has 0 unspecified atom stereocenters. The van der Waals surface area contributed by atoms with Gasteiger partial charge in [0, 0.05) is 13.7 Å². The van der Waals surface area contributed by atoms with E-state index in [1.165, 1.54) is 7.11 Å². The number of aryl methyl sites for hydroxylation is 1. The first-order chi connectivity index (χ1) is 9.52. The molecule has 6 nitrogen and oxygen atoms in total. The summed E-state index contributed by atoms with van der Waals surface area (Å²) in [6, 6.07) is 4.80. The van der Waals surface area contributed by atoms with Crippen LogP contribution in [0.2, 0.25) is 5.02 Å². The van der Waals surface area contributed by atoms with Gasteiger partial charge in [-0.1, -0.05) is 30.7 Å². The number of nitrogens with one attached hydrogen (secondary N) is 2. The lowest BCUT2D eigenvalue weighted by molar-refractivity contribution is 0.197. The van der Waals surface area contributed by atoms with E-state index in [2.05, 4.69) is 5.32 Å². The standard InChI is InChI=1S/C13H19ClN4O2/c1-3-9-5-4-6-10(14)11(9)18(12(15)16)13(19)17-7-8-20-2/h4-6H,3,7-8H2,1-2H3,(H3,15,16)(H,17,19). The van der Waals surface area contributed by atoms with Gasteiger partial charge in [0.2, 0.25) is 5.96 Å². The first-order valence-corrected chi connectivity index (χ1v) is 6.59. The van der Waals surface area contributed by atoms with E-state index in [-0.39, 0.29) is 5.96 Å². The summed E-state index contributed by atoms with van der Waals surface area (Å²) in [5, 5.41) is 10.6. The van der Waals surface area contributed by atoms with Crippen LogP contribution in [0.25, 0.3) is 0 Å². The first-order valence-electron chi connectivity index (χ1n) is 6.21. The van der Waals surface area contributed by atoms with Crippen LogP contribution < -0.4 is 16.0 Å². The number of amides is 2. The number of rotatable bonds is 5. The number of anilines is 1. The number of hydrogen-bond donors (Lipinski definition) is 3. The van der Waals surface area contributed by atoms with Crippen molar-refractivity contribution >= 4 is 29.3 Å². The molecule has 0 atom stereocenters. The molecule has 110 valence electrons. The molecule has 4 N–H and O–H groups in total. The Morgan fingerprint density at radius 1 is 1.55 bits per heavy atom. The minimum Gasteiger partial charge on any atom is -0.383 e. The van der Waals surface area contributed by atoms with E-state index in [4.69, 9.17) is 27.5 Å². The highest BCUT2D eigenvalue weighted by atomic mass is 35.5. The van der Waals surface area contributed by atoms with Gasteiger partial charge in [-0.2, -0.15) is 0 Å². The fourth-order valence-electron chi connectivity index (χ4n) is 1.77. The number of nitrogens with two attached hydrogens (primary N) is 1. The number of hydrogen-bond acceptors (Lipinski definition) is 3. The molecule has 1 rings (SSSR count). The lowest BCUT2D eigenvalue weighted by Gasteiger charge is -2.24. The number of urea groups is 1. The lowest BCUT2D eigenvalue weighted by Crippen LogP contribution is -2.48. The van der Waals surface area contributed by atoms with Crippen LogP contribution in [-0.2, 0) is 11.2 Å². The zero-order valence-corrected chi connectivity index (χ0v) is 12.3. The van der Waals surface area contributed by atoms with Crippen molar-refractivity contribution in [2.24, 2.45) is 5.73 Å². The van der Waals surface area contributed by atoms with E-state index < -0.39 is 6.03 Å². The molecule has 1 aromatic carbocycles. The summed E-state index contributed by atoms with van der Waals surface area (Å²) in [6.07, 6.45) is 0.672. The van der Waals surface area contributed by atoms with Crippen molar-refractivity contribution in [3.8, 4) is 0 Å². The van der Waals surface area contributed by atoms with E-state index in [0.717, 1.165) is 10.5 Å². The summed E-state index contributed by atoms with van der Waals surface area (Å²) in [5.41, 5.74) is 6.81. The highest BCUT2D eigenvalue weighted by molar-refractivity contribution is 6.35. The smallest absolute Gasteiger partial charge is 0.328 e. The predicted octanol–water partition coefficient (Wildman–Crippen LogP) is 1.96. The zero-order chi connectivity index (χ0) is 15.1. The Bertz CT molecular complexity index is 493. The molecule has 1 aromatic rings. The molecule has 0 fully saturated rings. The van der Waals surface area contributed by atoms with Gasteiger partial charge in [-0.25, -0.2) is 9.69 Å². The van der Waals surface area contributed by atoms with Gasteiger partial charge in [0.05, 0.1) is 17.3 Å². The molecule has 20 heavy (non-hydrogen) atoms. The van der Waals surface area contributed by atoms with Gasteiger partial charge >= 0.3 is 6.03 Å². The molecule has 0 aromatic heterocycles. The second-order valence-electron chi connectivity index (χ2n) is 4.05. The van der Waals surface area contributed by atoms with Gasteiger partial charge in [-0.05, 0) is 18.1 Å². The van der Waals surface area contributed by atoms with Crippen LogP contribution in [0.4, 0.5) is 10.5 Å². The largest absolute Gasteiger partial charge is 0.383 e. The Balaban J connectivity index is 3.08. The van der Waals surface area contributed by atoms with E-state index in [1.807, 2.05) is 13.0 Å². The highest BCUT2D eigenvalue weighted by Gasteiger charge is 2.23. The maximum atomic E-state index is 12.2. The van der Waals surface area contributed by atoms with Gasteiger partial charge in [0.25, 0.3) is 0 Å². The van der Waals surface area contributed by atoms with Crippen LogP contribution in [0.5, 0.6) is 0 Å². The van der Waals surface area contributed by atoms with E-state index in [9.17, 15) is 4.79 Å². The Kier molecular flexibility index (Phi) is 6.27. The van der Waals surface area contributed by atoms with Gasteiger partial charge in [-0.15, -0.1) is 0 Å². The Labute approximate surface area is 123 Å². The van der Waals surface area contributed by atoms with Crippen molar-refractivity contribution in [1.29, 1.82) is 5.41 Å². The average molecular weight is 299 g/mol. The topological polar surface area (TPSA) is 91.4 Å². The summed E-state index contributed by atoms with van der Waals surface area (Å²) in [6.45, 7) is 2.64. The van der Waals surface area contributed by atoms with Gasteiger partial charge in [0.15, 0.2) is 0 Å². The second kappa shape index (κ2) is 7.72. The quantitative estimate of drug-likeness (QED) is 0.441. The van der Waals surface area contributed by atoms with E-state index in [0.29, 0.717) is 30.3 Å². The molecule has 0 bridgehead atoms. The van der Waals surface area contributed by atoms with Crippen molar-refractivity contribution < 1.29 is 9.53 Å². The minimum absolute atomic E-state index is 0.324. The number of ether oxygens (including phenoxy) is 1. The van der Waals surface area contributed by atoms with Gasteiger partial charge < -0.3 is 15.8 Å². The Morgan fingerprint density at radius 2 is 2.25 bits per heavy atom. The van der Waals surface area contributed by atoms with Crippen molar-refractivity contribution in [2.45, 2.75) is 13.3 Å². The molecular formula is C13H19ClN4O2. The number of methoxy groups -OCH3 is 1. The highest BCUT2D eigenvalue weighted by Crippen LogP contribution is 2.30. The number of carbonyl (C=O) groups excluding carboxylic acids is 1. The van der Waals surface area contributed by atoms with Crippen LogP contribution in [0.3, 0.4) is 0 Å². The van der Waals surface area contributed by atoms with Crippen molar-refractivity contribution in [2.75, 3.05) is 25.2 Å². The summed E-state index contributed by atoms with van der Waals surface area (Å²) < 4.78 is 4.86. The molecule has 0 aliphatic carbocycles. The lowest BCUT2D eigenvalue weighted by atomic mass is 10.1. The Hall–Kier alpha value is -1.79.